The first-order chi connectivity index (χ1) is 7.16. The van der Waals surface area contributed by atoms with Gasteiger partial charge in [-0.15, -0.1) is 0 Å². The summed E-state index contributed by atoms with van der Waals surface area (Å²) in [4.78, 5) is 13.8. The number of carbonyl (C=O) groups is 1. The van der Waals surface area contributed by atoms with E-state index >= 15 is 0 Å². The van der Waals surface area contributed by atoms with Gasteiger partial charge in [0.05, 0.1) is 0 Å². The molecule has 0 aliphatic carbocycles. The van der Waals surface area contributed by atoms with Crippen LogP contribution >= 0.6 is 0 Å². The van der Waals surface area contributed by atoms with Crippen molar-refractivity contribution in [3.05, 3.63) is 18.0 Å². The second-order valence-electron chi connectivity index (χ2n) is 4.01. The highest BCUT2D eigenvalue weighted by Crippen LogP contribution is 2.12. The fraction of sp³-hybridized carbons (Fsp3) is 0.600. The molecule has 5 heteroatoms. The first-order valence-electron chi connectivity index (χ1n) is 5.15. The van der Waals surface area contributed by atoms with Gasteiger partial charge < -0.3 is 10.2 Å². The highest BCUT2D eigenvalue weighted by molar-refractivity contribution is 5.92. The fourth-order valence-corrected chi connectivity index (χ4v) is 1.67. The van der Waals surface area contributed by atoms with Crippen LogP contribution in [0, 0.1) is 0 Å². The smallest absolute Gasteiger partial charge is 0.271 e. The number of likely N-dealkylation sites (tertiary alicyclic amines) is 1. The fourth-order valence-electron chi connectivity index (χ4n) is 1.67. The van der Waals surface area contributed by atoms with Crippen molar-refractivity contribution in [2.24, 2.45) is 7.05 Å². The van der Waals surface area contributed by atoms with E-state index in [9.17, 15) is 4.79 Å². The molecule has 15 heavy (non-hydrogen) atoms. The summed E-state index contributed by atoms with van der Waals surface area (Å²) in [5, 5.41) is 6.93. The zero-order valence-electron chi connectivity index (χ0n) is 9.10. The average molecular weight is 208 g/mol. The summed E-state index contributed by atoms with van der Waals surface area (Å²) in [6, 6.07) is 2.22. The number of aromatic nitrogens is 2. The molecule has 1 unspecified atom stereocenters. The van der Waals surface area contributed by atoms with Gasteiger partial charge in [-0.1, -0.05) is 0 Å². The zero-order valence-corrected chi connectivity index (χ0v) is 9.10. The van der Waals surface area contributed by atoms with E-state index in [4.69, 9.17) is 0 Å². The van der Waals surface area contributed by atoms with Gasteiger partial charge in [0, 0.05) is 25.8 Å². The Balaban J connectivity index is 1.82. The molecule has 1 aromatic heterocycles. The second kappa shape index (κ2) is 4.02. The minimum absolute atomic E-state index is 0.0871. The van der Waals surface area contributed by atoms with E-state index in [-0.39, 0.29) is 5.91 Å². The highest BCUT2D eigenvalue weighted by atomic mass is 16.1. The molecule has 1 aromatic rings. The molecule has 0 saturated carbocycles. The first kappa shape index (κ1) is 10.2. The van der Waals surface area contributed by atoms with Crippen molar-refractivity contribution >= 4 is 5.91 Å². The summed E-state index contributed by atoms with van der Waals surface area (Å²) in [6.07, 6.45) is 2.93. The normalized spacial score (nSPS) is 21.1. The predicted molar refractivity (Wildman–Crippen MR) is 56.6 cm³/mol. The van der Waals surface area contributed by atoms with Gasteiger partial charge in [-0.25, -0.2) is 0 Å². The van der Waals surface area contributed by atoms with Crippen LogP contribution in [0.1, 0.15) is 16.9 Å². The van der Waals surface area contributed by atoms with Crippen LogP contribution in [-0.2, 0) is 7.05 Å². The molecule has 82 valence electrons. The topological polar surface area (TPSA) is 50.2 Å². The molecule has 1 aliphatic rings. The molecule has 0 aromatic carbocycles. The Labute approximate surface area is 89.1 Å². The highest BCUT2D eigenvalue weighted by Gasteiger charge is 2.24. The van der Waals surface area contributed by atoms with E-state index in [0.717, 1.165) is 6.54 Å². The number of nitrogens with one attached hydrogen (secondary N) is 1. The quantitative estimate of drug-likeness (QED) is 0.752. The molecule has 0 spiro atoms. The van der Waals surface area contributed by atoms with Crippen LogP contribution < -0.4 is 5.32 Å². The standard InChI is InChI=1S/C10H16N4O/c1-13-5-3-8(13)7-11-10(15)9-4-6-14(2)12-9/h4,6,8H,3,5,7H2,1-2H3,(H,11,15). The van der Waals surface area contributed by atoms with Gasteiger partial charge in [-0.3, -0.25) is 9.48 Å². The van der Waals surface area contributed by atoms with E-state index in [2.05, 4.69) is 22.4 Å². The maximum Gasteiger partial charge on any atom is 0.271 e. The predicted octanol–water partition coefficient (Wildman–Crippen LogP) is -0.146. The number of aryl methyl sites for hydroxylation is 1. The van der Waals surface area contributed by atoms with Crippen LogP contribution in [-0.4, -0.2) is 46.8 Å². The molecule has 0 radical (unpaired) electrons. The molecular formula is C10H16N4O. The van der Waals surface area contributed by atoms with Crippen LogP contribution in [0.3, 0.4) is 0 Å². The third kappa shape index (κ3) is 2.18. The average Bonchev–Trinajstić information content (AvgIpc) is 2.62. The van der Waals surface area contributed by atoms with Crippen molar-refractivity contribution in [2.75, 3.05) is 20.1 Å². The summed E-state index contributed by atoms with van der Waals surface area (Å²) in [7, 11) is 3.87. The molecule has 2 heterocycles. The molecule has 5 nitrogen and oxygen atoms in total. The number of nitrogens with zero attached hydrogens (tertiary/aromatic N) is 3. The molecule has 0 bridgehead atoms. The Morgan fingerprint density at radius 2 is 2.47 bits per heavy atom. The van der Waals surface area contributed by atoms with Crippen LogP contribution in [0.2, 0.25) is 0 Å². The molecule has 1 N–H and O–H groups in total. The van der Waals surface area contributed by atoms with Gasteiger partial charge >= 0.3 is 0 Å². The summed E-state index contributed by atoms with van der Waals surface area (Å²) < 4.78 is 1.63. The van der Waals surface area contributed by atoms with Gasteiger partial charge in [0.15, 0.2) is 0 Å². The Morgan fingerprint density at radius 1 is 1.67 bits per heavy atom. The van der Waals surface area contributed by atoms with Crippen LogP contribution in [0.4, 0.5) is 0 Å². The van der Waals surface area contributed by atoms with E-state index in [1.807, 2.05) is 0 Å². The first-order valence-corrected chi connectivity index (χ1v) is 5.15. The Kier molecular flexibility index (Phi) is 2.73. The molecule has 2 rings (SSSR count). The van der Waals surface area contributed by atoms with Gasteiger partial charge in [0.1, 0.15) is 5.69 Å². The van der Waals surface area contributed by atoms with Crippen LogP contribution in [0.25, 0.3) is 0 Å². The maximum atomic E-state index is 11.6. The lowest BCUT2D eigenvalue weighted by atomic mass is 10.1. The number of carbonyl (C=O) groups excluding carboxylic acids is 1. The maximum absolute atomic E-state index is 11.6. The lowest BCUT2D eigenvalue weighted by Gasteiger charge is -2.37. The van der Waals surface area contributed by atoms with E-state index in [0.29, 0.717) is 18.3 Å². The second-order valence-corrected chi connectivity index (χ2v) is 4.01. The minimum atomic E-state index is -0.0871. The zero-order chi connectivity index (χ0) is 10.8. The van der Waals surface area contributed by atoms with Crippen LogP contribution in [0.5, 0.6) is 0 Å². The molecule has 1 fully saturated rings. The van der Waals surface area contributed by atoms with Crippen molar-refractivity contribution in [2.45, 2.75) is 12.5 Å². The van der Waals surface area contributed by atoms with E-state index in [1.165, 1.54) is 6.42 Å². The Morgan fingerprint density at radius 3 is 2.93 bits per heavy atom. The molecule has 1 aliphatic heterocycles. The molecule has 1 amide bonds. The third-order valence-corrected chi connectivity index (χ3v) is 2.88. The number of likely N-dealkylation sites (N-methyl/N-ethyl adjacent to an activating group) is 1. The molecule has 1 saturated heterocycles. The van der Waals surface area contributed by atoms with Gasteiger partial charge in [-0.2, -0.15) is 5.10 Å². The van der Waals surface area contributed by atoms with Gasteiger partial charge in [0.25, 0.3) is 5.91 Å². The summed E-state index contributed by atoms with van der Waals surface area (Å²) in [5.41, 5.74) is 0.486. The lowest BCUT2D eigenvalue weighted by molar-refractivity contribution is 0.0879. The van der Waals surface area contributed by atoms with Gasteiger partial charge in [-0.05, 0) is 26.1 Å². The van der Waals surface area contributed by atoms with Gasteiger partial charge in [0.2, 0.25) is 0 Å². The van der Waals surface area contributed by atoms with E-state index in [1.54, 1.807) is 24.0 Å². The SMILES string of the molecule is CN1CCC1CNC(=O)c1ccn(C)n1. The molecule has 1 atom stereocenters. The number of amides is 1. The Hall–Kier alpha value is -1.36. The monoisotopic (exact) mass is 208 g/mol. The summed E-state index contributed by atoms with van der Waals surface area (Å²) in [6.45, 7) is 1.84. The van der Waals surface area contributed by atoms with Crippen LogP contribution in [0.15, 0.2) is 12.3 Å². The van der Waals surface area contributed by atoms with Crippen molar-refractivity contribution in [1.29, 1.82) is 0 Å². The number of hydrogen-bond donors (Lipinski definition) is 1. The van der Waals surface area contributed by atoms with Crippen molar-refractivity contribution < 1.29 is 4.79 Å². The Bertz CT molecular complexity index is 360. The molecular weight excluding hydrogens is 192 g/mol. The van der Waals surface area contributed by atoms with Crippen molar-refractivity contribution in [3.63, 3.8) is 0 Å². The van der Waals surface area contributed by atoms with Crippen molar-refractivity contribution in [3.8, 4) is 0 Å². The third-order valence-electron chi connectivity index (χ3n) is 2.88. The van der Waals surface area contributed by atoms with E-state index < -0.39 is 0 Å². The largest absolute Gasteiger partial charge is 0.349 e. The minimum Gasteiger partial charge on any atom is -0.349 e. The lowest BCUT2D eigenvalue weighted by Crippen LogP contribution is -2.51. The van der Waals surface area contributed by atoms with Crippen molar-refractivity contribution in [1.82, 2.24) is 20.0 Å². The number of rotatable bonds is 3. The number of hydrogen-bond acceptors (Lipinski definition) is 3. The summed E-state index contributed by atoms with van der Waals surface area (Å²) in [5.74, 6) is -0.0871. The summed E-state index contributed by atoms with van der Waals surface area (Å²) >= 11 is 0.